The van der Waals surface area contributed by atoms with Crippen LogP contribution < -0.4 is 15.2 Å². The van der Waals surface area contributed by atoms with Gasteiger partial charge in [-0.3, -0.25) is 9.59 Å². The predicted molar refractivity (Wildman–Crippen MR) is 77.0 cm³/mol. The van der Waals surface area contributed by atoms with Crippen molar-refractivity contribution in [3.05, 3.63) is 59.7 Å². The van der Waals surface area contributed by atoms with Gasteiger partial charge in [-0.25, -0.2) is 0 Å². The van der Waals surface area contributed by atoms with E-state index in [0.717, 1.165) is 5.56 Å². The first-order valence-corrected chi connectivity index (χ1v) is 6.34. The molecular weight excluding hydrogens is 270 g/mol. The highest BCUT2D eigenvalue weighted by atomic mass is 16.5. The molecule has 108 valence electrons. The molecule has 0 atom stereocenters. The fourth-order valence-corrected chi connectivity index (χ4v) is 1.77. The zero-order valence-electron chi connectivity index (χ0n) is 11.5. The number of carbonyl (C=O) groups excluding carboxylic acids is 2. The SMILES string of the molecule is CC(=O)Oc1cccc(COc2cccc(C(N)=O)c2)c1. The summed E-state index contributed by atoms with van der Waals surface area (Å²) < 4.78 is 10.6. The van der Waals surface area contributed by atoms with Gasteiger partial charge in [0.25, 0.3) is 0 Å². The monoisotopic (exact) mass is 285 g/mol. The Morgan fingerprint density at radius 1 is 1.05 bits per heavy atom. The van der Waals surface area contributed by atoms with Crippen molar-refractivity contribution in [2.75, 3.05) is 0 Å². The number of hydrogen-bond donors (Lipinski definition) is 1. The molecular formula is C16H15NO4. The van der Waals surface area contributed by atoms with Gasteiger partial charge in [-0.2, -0.15) is 0 Å². The van der Waals surface area contributed by atoms with Gasteiger partial charge in [0.1, 0.15) is 18.1 Å². The topological polar surface area (TPSA) is 78.6 Å². The van der Waals surface area contributed by atoms with Crippen molar-refractivity contribution < 1.29 is 19.1 Å². The molecule has 1 amide bonds. The third-order valence-electron chi connectivity index (χ3n) is 2.68. The van der Waals surface area contributed by atoms with Gasteiger partial charge in [-0.1, -0.05) is 18.2 Å². The number of rotatable bonds is 5. The fourth-order valence-electron chi connectivity index (χ4n) is 1.77. The third kappa shape index (κ3) is 4.35. The molecule has 0 radical (unpaired) electrons. The van der Waals surface area contributed by atoms with Crippen molar-refractivity contribution in [3.8, 4) is 11.5 Å². The van der Waals surface area contributed by atoms with Crippen molar-refractivity contribution in [2.45, 2.75) is 13.5 Å². The zero-order chi connectivity index (χ0) is 15.2. The second kappa shape index (κ2) is 6.56. The van der Waals surface area contributed by atoms with Gasteiger partial charge in [0, 0.05) is 12.5 Å². The Balaban J connectivity index is 2.04. The van der Waals surface area contributed by atoms with E-state index in [1.165, 1.54) is 6.92 Å². The summed E-state index contributed by atoms with van der Waals surface area (Å²) >= 11 is 0. The number of benzene rings is 2. The lowest BCUT2D eigenvalue weighted by Crippen LogP contribution is -2.10. The summed E-state index contributed by atoms with van der Waals surface area (Å²) in [6, 6.07) is 13.7. The molecule has 0 spiro atoms. The Bertz CT molecular complexity index is 667. The molecule has 0 fully saturated rings. The molecule has 0 aliphatic carbocycles. The molecule has 0 saturated heterocycles. The summed E-state index contributed by atoms with van der Waals surface area (Å²) in [7, 11) is 0. The van der Waals surface area contributed by atoms with Crippen LogP contribution in [-0.4, -0.2) is 11.9 Å². The number of carbonyl (C=O) groups is 2. The lowest BCUT2D eigenvalue weighted by molar-refractivity contribution is -0.131. The Labute approximate surface area is 122 Å². The van der Waals surface area contributed by atoms with Gasteiger partial charge in [0.2, 0.25) is 5.91 Å². The van der Waals surface area contributed by atoms with Crippen molar-refractivity contribution in [1.82, 2.24) is 0 Å². The smallest absolute Gasteiger partial charge is 0.308 e. The third-order valence-corrected chi connectivity index (χ3v) is 2.68. The Morgan fingerprint density at radius 2 is 1.76 bits per heavy atom. The van der Waals surface area contributed by atoms with Crippen LogP contribution in [0.1, 0.15) is 22.8 Å². The van der Waals surface area contributed by atoms with E-state index in [9.17, 15) is 9.59 Å². The van der Waals surface area contributed by atoms with Crippen LogP contribution in [0.4, 0.5) is 0 Å². The number of ether oxygens (including phenoxy) is 2. The fraction of sp³-hybridized carbons (Fsp3) is 0.125. The van der Waals surface area contributed by atoms with Gasteiger partial charge in [0.15, 0.2) is 0 Å². The van der Waals surface area contributed by atoms with Crippen LogP contribution in [0.2, 0.25) is 0 Å². The first-order chi connectivity index (χ1) is 10.0. The Morgan fingerprint density at radius 3 is 2.48 bits per heavy atom. The van der Waals surface area contributed by atoms with Crippen molar-refractivity contribution in [3.63, 3.8) is 0 Å². The van der Waals surface area contributed by atoms with Gasteiger partial charge in [-0.05, 0) is 35.9 Å². The molecule has 0 heterocycles. The number of nitrogens with two attached hydrogens (primary N) is 1. The van der Waals surface area contributed by atoms with E-state index in [0.29, 0.717) is 17.1 Å². The largest absolute Gasteiger partial charge is 0.489 e. The minimum absolute atomic E-state index is 0.289. The quantitative estimate of drug-likeness (QED) is 0.675. The highest BCUT2D eigenvalue weighted by molar-refractivity contribution is 5.93. The Kier molecular flexibility index (Phi) is 4.56. The van der Waals surface area contributed by atoms with Crippen LogP contribution in [0.15, 0.2) is 48.5 Å². The second-order valence-electron chi connectivity index (χ2n) is 4.42. The molecule has 5 nitrogen and oxygen atoms in total. The summed E-state index contributed by atoms with van der Waals surface area (Å²) in [6.45, 7) is 1.63. The first kappa shape index (κ1) is 14.6. The van der Waals surface area contributed by atoms with Crippen LogP contribution >= 0.6 is 0 Å². The van der Waals surface area contributed by atoms with Crippen LogP contribution in [0.25, 0.3) is 0 Å². The van der Waals surface area contributed by atoms with E-state index < -0.39 is 5.91 Å². The first-order valence-electron chi connectivity index (χ1n) is 6.34. The average molecular weight is 285 g/mol. The molecule has 0 aromatic heterocycles. The summed E-state index contributed by atoms with van der Waals surface area (Å²) in [5.74, 6) is 0.137. The number of esters is 1. The van der Waals surface area contributed by atoms with E-state index in [1.54, 1.807) is 42.5 Å². The Hall–Kier alpha value is -2.82. The van der Waals surface area contributed by atoms with Gasteiger partial charge < -0.3 is 15.2 Å². The highest BCUT2D eigenvalue weighted by Gasteiger charge is 2.04. The molecule has 2 rings (SSSR count). The maximum absolute atomic E-state index is 11.1. The molecule has 5 heteroatoms. The molecule has 21 heavy (non-hydrogen) atoms. The maximum Gasteiger partial charge on any atom is 0.308 e. The van der Waals surface area contributed by atoms with E-state index in [4.69, 9.17) is 15.2 Å². The van der Waals surface area contributed by atoms with Crippen LogP contribution in [-0.2, 0) is 11.4 Å². The molecule has 0 bridgehead atoms. The standard InChI is InChI=1S/C16H15NO4/c1-11(18)21-15-7-2-4-12(8-15)10-20-14-6-3-5-13(9-14)16(17)19/h2-9H,10H2,1H3,(H2,17,19). The number of hydrogen-bond acceptors (Lipinski definition) is 4. The molecule has 0 aliphatic heterocycles. The van der Waals surface area contributed by atoms with Crippen molar-refractivity contribution in [1.29, 1.82) is 0 Å². The summed E-state index contributed by atoms with van der Waals surface area (Å²) in [5.41, 5.74) is 6.45. The van der Waals surface area contributed by atoms with Gasteiger partial charge >= 0.3 is 5.97 Å². The van der Waals surface area contributed by atoms with Crippen molar-refractivity contribution >= 4 is 11.9 Å². The molecule has 0 saturated carbocycles. The van der Waals surface area contributed by atoms with Crippen LogP contribution in [0, 0.1) is 0 Å². The summed E-state index contributed by atoms with van der Waals surface area (Å²) in [4.78, 5) is 22.0. The normalized spacial score (nSPS) is 9.95. The van der Waals surface area contributed by atoms with Gasteiger partial charge in [0.05, 0.1) is 0 Å². The number of primary amides is 1. The average Bonchev–Trinajstić information content (AvgIpc) is 2.45. The summed E-state index contributed by atoms with van der Waals surface area (Å²) in [5, 5.41) is 0. The zero-order valence-corrected chi connectivity index (χ0v) is 11.5. The van der Waals surface area contributed by atoms with Crippen molar-refractivity contribution in [2.24, 2.45) is 5.73 Å². The molecule has 0 aliphatic rings. The predicted octanol–water partition coefficient (Wildman–Crippen LogP) is 2.29. The minimum Gasteiger partial charge on any atom is -0.489 e. The van der Waals surface area contributed by atoms with E-state index >= 15 is 0 Å². The molecule has 2 aromatic rings. The van der Waals surface area contributed by atoms with Crippen LogP contribution in [0.3, 0.4) is 0 Å². The minimum atomic E-state index is -0.502. The number of amides is 1. The van der Waals surface area contributed by atoms with Gasteiger partial charge in [-0.15, -0.1) is 0 Å². The molecule has 2 N–H and O–H groups in total. The lowest BCUT2D eigenvalue weighted by Gasteiger charge is -2.08. The summed E-state index contributed by atoms with van der Waals surface area (Å²) in [6.07, 6.45) is 0. The maximum atomic E-state index is 11.1. The second-order valence-corrected chi connectivity index (χ2v) is 4.42. The molecule has 0 unspecified atom stereocenters. The highest BCUT2D eigenvalue weighted by Crippen LogP contribution is 2.18. The molecule has 2 aromatic carbocycles. The van der Waals surface area contributed by atoms with E-state index in [2.05, 4.69) is 0 Å². The lowest BCUT2D eigenvalue weighted by atomic mass is 10.2. The van der Waals surface area contributed by atoms with E-state index in [1.807, 2.05) is 6.07 Å². The van der Waals surface area contributed by atoms with Crippen LogP contribution in [0.5, 0.6) is 11.5 Å². The van der Waals surface area contributed by atoms with E-state index in [-0.39, 0.29) is 12.6 Å².